The first kappa shape index (κ1) is 21.3. The highest BCUT2D eigenvalue weighted by atomic mass is 127. The molecule has 4 rings (SSSR count). The van der Waals surface area contributed by atoms with Crippen LogP contribution >= 0.6 is 24.0 Å². The molecular formula is C20H28FIN4O2. The summed E-state index contributed by atoms with van der Waals surface area (Å²) in [5.41, 5.74) is 0.775. The average Bonchev–Trinajstić information content (AvgIpc) is 3.23. The van der Waals surface area contributed by atoms with Crippen molar-refractivity contribution in [1.82, 2.24) is 15.1 Å². The van der Waals surface area contributed by atoms with Crippen molar-refractivity contribution < 1.29 is 13.9 Å². The molecule has 0 spiro atoms. The van der Waals surface area contributed by atoms with Gasteiger partial charge in [0.2, 0.25) is 0 Å². The second kappa shape index (κ2) is 9.39. The SMILES string of the molecule is CN=C(NC1CC1c1ccccc1F)N1CCN(C(=O)C2CCCO2)CC1.I. The largest absolute Gasteiger partial charge is 0.368 e. The van der Waals surface area contributed by atoms with Crippen molar-refractivity contribution in [1.29, 1.82) is 0 Å². The molecular weight excluding hydrogens is 474 g/mol. The van der Waals surface area contributed by atoms with Crippen LogP contribution in [0.25, 0.3) is 0 Å². The Morgan fingerprint density at radius 2 is 1.93 bits per heavy atom. The average molecular weight is 502 g/mol. The fraction of sp³-hybridized carbons (Fsp3) is 0.600. The number of hydrogen-bond acceptors (Lipinski definition) is 3. The molecule has 3 aliphatic rings. The molecule has 0 bridgehead atoms. The third kappa shape index (κ3) is 4.59. The summed E-state index contributed by atoms with van der Waals surface area (Å²) >= 11 is 0. The van der Waals surface area contributed by atoms with E-state index in [0.29, 0.717) is 19.7 Å². The summed E-state index contributed by atoms with van der Waals surface area (Å²) in [6.45, 7) is 3.55. The lowest BCUT2D eigenvalue weighted by Crippen LogP contribution is -2.55. The summed E-state index contributed by atoms with van der Waals surface area (Å²) in [7, 11) is 1.77. The van der Waals surface area contributed by atoms with E-state index < -0.39 is 0 Å². The number of ether oxygens (including phenoxy) is 1. The van der Waals surface area contributed by atoms with Gasteiger partial charge in [-0.05, 0) is 30.9 Å². The van der Waals surface area contributed by atoms with Gasteiger partial charge >= 0.3 is 0 Å². The second-order valence-electron chi connectivity index (χ2n) is 7.48. The van der Waals surface area contributed by atoms with Crippen molar-refractivity contribution in [2.24, 2.45) is 4.99 Å². The van der Waals surface area contributed by atoms with E-state index in [1.807, 2.05) is 17.0 Å². The van der Waals surface area contributed by atoms with Crippen LogP contribution in [0.2, 0.25) is 0 Å². The summed E-state index contributed by atoms with van der Waals surface area (Å²) in [5.74, 6) is 1.02. The van der Waals surface area contributed by atoms with Crippen LogP contribution in [0.1, 0.15) is 30.7 Å². The third-order valence-corrected chi connectivity index (χ3v) is 5.72. The molecule has 1 N–H and O–H groups in total. The first-order valence-corrected chi connectivity index (χ1v) is 9.80. The minimum Gasteiger partial charge on any atom is -0.368 e. The molecule has 2 saturated heterocycles. The molecule has 2 heterocycles. The number of halogens is 2. The molecule has 2 aliphatic heterocycles. The highest BCUT2D eigenvalue weighted by Crippen LogP contribution is 2.41. The Kier molecular flexibility index (Phi) is 7.14. The molecule has 28 heavy (non-hydrogen) atoms. The first-order chi connectivity index (χ1) is 13.2. The number of carbonyl (C=O) groups excluding carboxylic acids is 1. The van der Waals surface area contributed by atoms with E-state index in [1.54, 1.807) is 13.1 Å². The number of carbonyl (C=O) groups is 1. The molecule has 0 aromatic heterocycles. The van der Waals surface area contributed by atoms with Crippen molar-refractivity contribution in [3.63, 3.8) is 0 Å². The van der Waals surface area contributed by atoms with E-state index >= 15 is 0 Å². The molecule has 3 fully saturated rings. The first-order valence-electron chi connectivity index (χ1n) is 9.80. The van der Waals surface area contributed by atoms with Crippen molar-refractivity contribution >= 4 is 35.8 Å². The number of nitrogens with one attached hydrogen (secondary N) is 1. The van der Waals surface area contributed by atoms with E-state index in [9.17, 15) is 9.18 Å². The zero-order valence-electron chi connectivity index (χ0n) is 16.1. The van der Waals surface area contributed by atoms with E-state index in [1.165, 1.54) is 6.07 Å². The summed E-state index contributed by atoms with van der Waals surface area (Å²) in [6, 6.07) is 7.20. The van der Waals surface area contributed by atoms with Gasteiger partial charge in [-0.15, -0.1) is 24.0 Å². The molecule has 8 heteroatoms. The van der Waals surface area contributed by atoms with Gasteiger partial charge in [-0.1, -0.05) is 18.2 Å². The van der Waals surface area contributed by atoms with Crippen LogP contribution in [0.15, 0.2) is 29.3 Å². The summed E-state index contributed by atoms with van der Waals surface area (Å²) in [4.78, 5) is 20.9. The quantitative estimate of drug-likeness (QED) is 0.392. The Morgan fingerprint density at radius 3 is 2.57 bits per heavy atom. The third-order valence-electron chi connectivity index (χ3n) is 5.72. The second-order valence-corrected chi connectivity index (χ2v) is 7.48. The minimum atomic E-state index is -0.248. The number of aliphatic imine (C=N–C) groups is 1. The van der Waals surface area contributed by atoms with Gasteiger partial charge in [0.1, 0.15) is 11.9 Å². The Labute approximate surface area is 182 Å². The van der Waals surface area contributed by atoms with Crippen molar-refractivity contribution in [2.75, 3.05) is 39.8 Å². The summed E-state index contributed by atoms with van der Waals surface area (Å²) in [5, 5.41) is 3.47. The summed E-state index contributed by atoms with van der Waals surface area (Å²) < 4.78 is 19.5. The van der Waals surface area contributed by atoms with Crippen LogP contribution < -0.4 is 5.32 Å². The number of benzene rings is 1. The number of hydrogen-bond donors (Lipinski definition) is 1. The number of amides is 1. The summed E-state index contributed by atoms with van der Waals surface area (Å²) in [6.07, 6.45) is 2.47. The fourth-order valence-electron chi connectivity index (χ4n) is 4.05. The van der Waals surface area contributed by atoms with Crippen LogP contribution in [0, 0.1) is 5.82 Å². The lowest BCUT2D eigenvalue weighted by molar-refractivity contribution is -0.142. The van der Waals surface area contributed by atoms with Crippen LogP contribution in [0.5, 0.6) is 0 Å². The topological polar surface area (TPSA) is 57.2 Å². The highest BCUT2D eigenvalue weighted by Gasteiger charge is 2.41. The smallest absolute Gasteiger partial charge is 0.251 e. The number of rotatable bonds is 3. The van der Waals surface area contributed by atoms with Crippen LogP contribution in [0.3, 0.4) is 0 Å². The molecule has 154 valence electrons. The molecule has 1 aromatic rings. The molecule has 1 amide bonds. The van der Waals surface area contributed by atoms with E-state index in [0.717, 1.165) is 43.9 Å². The molecule has 6 nitrogen and oxygen atoms in total. The van der Waals surface area contributed by atoms with E-state index in [-0.39, 0.29) is 53.8 Å². The highest BCUT2D eigenvalue weighted by molar-refractivity contribution is 14.0. The van der Waals surface area contributed by atoms with Gasteiger partial charge < -0.3 is 19.9 Å². The van der Waals surface area contributed by atoms with Crippen LogP contribution in [0.4, 0.5) is 4.39 Å². The molecule has 3 unspecified atom stereocenters. The molecule has 0 radical (unpaired) electrons. The molecule has 3 atom stereocenters. The standard InChI is InChI=1S/C20H27FN4O2.HI/c1-22-20(23-17-13-15(17)14-5-2-3-6-16(14)21)25-10-8-24(9-11-25)19(26)18-7-4-12-27-18;/h2-3,5-6,15,17-18H,4,7-13H2,1H3,(H,22,23);1H. The van der Waals surface area contributed by atoms with Gasteiger partial charge in [0.05, 0.1) is 0 Å². The van der Waals surface area contributed by atoms with E-state index in [4.69, 9.17) is 4.74 Å². The predicted octanol–water partition coefficient (Wildman–Crippen LogP) is 2.20. The van der Waals surface area contributed by atoms with Gasteiger partial charge in [0, 0.05) is 51.8 Å². The minimum absolute atomic E-state index is 0. The Morgan fingerprint density at radius 1 is 1.21 bits per heavy atom. The van der Waals surface area contributed by atoms with Crippen LogP contribution in [-0.2, 0) is 9.53 Å². The van der Waals surface area contributed by atoms with E-state index in [2.05, 4.69) is 15.2 Å². The maximum atomic E-state index is 14.0. The Balaban J connectivity index is 0.00000225. The zero-order valence-corrected chi connectivity index (χ0v) is 18.5. The lowest BCUT2D eigenvalue weighted by Gasteiger charge is -2.37. The van der Waals surface area contributed by atoms with Crippen LogP contribution in [-0.4, -0.2) is 73.6 Å². The number of piperazine rings is 1. The molecule has 1 saturated carbocycles. The van der Waals surface area contributed by atoms with Gasteiger partial charge in [0.15, 0.2) is 5.96 Å². The molecule has 1 aromatic carbocycles. The molecule has 1 aliphatic carbocycles. The fourth-order valence-corrected chi connectivity index (χ4v) is 4.05. The van der Waals surface area contributed by atoms with Gasteiger partial charge in [0.25, 0.3) is 5.91 Å². The monoisotopic (exact) mass is 502 g/mol. The van der Waals surface area contributed by atoms with Gasteiger partial charge in [-0.2, -0.15) is 0 Å². The predicted molar refractivity (Wildman–Crippen MR) is 117 cm³/mol. The lowest BCUT2D eigenvalue weighted by atomic mass is 10.1. The normalized spacial score (nSPS) is 27.4. The Hall–Kier alpha value is -1.42. The van der Waals surface area contributed by atoms with Crippen molar-refractivity contribution in [3.05, 3.63) is 35.6 Å². The van der Waals surface area contributed by atoms with Gasteiger partial charge in [-0.3, -0.25) is 9.79 Å². The Bertz CT molecular complexity index is 718. The maximum Gasteiger partial charge on any atom is 0.251 e. The maximum absolute atomic E-state index is 14.0. The van der Waals surface area contributed by atoms with Crippen molar-refractivity contribution in [2.45, 2.75) is 37.3 Å². The van der Waals surface area contributed by atoms with Gasteiger partial charge in [-0.25, -0.2) is 4.39 Å². The zero-order chi connectivity index (χ0) is 18.8. The number of guanidine groups is 1. The number of nitrogens with zero attached hydrogens (tertiary/aromatic N) is 3. The van der Waals surface area contributed by atoms with Crippen molar-refractivity contribution in [3.8, 4) is 0 Å².